The molecule has 20 heavy (non-hydrogen) atoms. The molecule has 110 valence electrons. The average molecular weight is 343 g/mol. The Morgan fingerprint density at radius 2 is 2.30 bits per heavy atom. The number of ether oxygens (including phenoxy) is 2. The van der Waals surface area contributed by atoms with E-state index in [-0.39, 0.29) is 12.1 Å². The van der Waals surface area contributed by atoms with E-state index in [2.05, 4.69) is 30.9 Å². The number of hydrogen-bond acceptors (Lipinski definition) is 4. The van der Waals surface area contributed by atoms with Gasteiger partial charge in [0, 0.05) is 30.1 Å². The first-order valence-corrected chi connectivity index (χ1v) is 7.31. The summed E-state index contributed by atoms with van der Waals surface area (Å²) >= 11 is 3.56. The number of nitrogens with one attached hydrogen (secondary N) is 1. The molecule has 0 saturated carbocycles. The Labute approximate surface area is 127 Å². The lowest BCUT2D eigenvalue weighted by atomic mass is 10.2. The second-order valence-corrected chi connectivity index (χ2v) is 5.67. The molecule has 6 heteroatoms. The number of rotatable bonds is 4. The topological polar surface area (TPSA) is 50.8 Å². The summed E-state index contributed by atoms with van der Waals surface area (Å²) in [7, 11) is 3.05. The number of benzene rings is 1. The van der Waals surface area contributed by atoms with Crippen molar-refractivity contribution in [3.63, 3.8) is 0 Å². The number of hydrogen-bond donors (Lipinski definition) is 1. The van der Waals surface area contributed by atoms with Gasteiger partial charge in [-0.25, -0.2) is 4.79 Å². The zero-order valence-electron chi connectivity index (χ0n) is 11.7. The summed E-state index contributed by atoms with van der Waals surface area (Å²) < 4.78 is 10.9. The number of nitrogens with zero attached hydrogens (tertiary/aromatic N) is 1. The van der Waals surface area contributed by atoms with E-state index in [1.54, 1.807) is 7.11 Å². The minimum Gasteiger partial charge on any atom is -0.497 e. The number of halogens is 1. The molecular weight excluding hydrogens is 324 g/mol. The molecule has 5 nitrogen and oxygen atoms in total. The highest BCUT2D eigenvalue weighted by molar-refractivity contribution is 9.10. The van der Waals surface area contributed by atoms with Crippen LogP contribution in [0.4, 0.5) is 4.79 Å². The highest BCUT2D eigenvalue weighted by Gasteiger charge is 2.24. The van der Waals surface area contributed by atoms with Crippen molar-refractivity contribution in [2.75, 3.05) is 27.3 Å². The Morgan fingerprint density at radius 1 is 1.50 bits per heavy atom. The molecule has 1 unspecified atom stereocenters. The van der Waals surface area contributed by atoms with Gasteiger partial charge in [0.05, 0.1) is 14.2 Å². The highest BCUT2D eigenvalue weighted by Crippen LogP contribution is 2.25. The Morgan fingerprint density at radius 3 is 3.00 bits per heavy atom. The second-order valence-electron chi connectivity index (χ2n) is 4.81. The van der Waals surface area contributed by atoms with Crippen molar-refractivity contribution in [3.05, 3.63) is 28.2 Å². The van der Waals surface area contributed by atoms with Crippen molar-refractivity contribution in [2.24, 2.45) is 0 Å². The summed E-state index contributed by atoms with van der Waals surface area (Å²) in [6.07, 6.45) is 0.580. The van der Waals surface area contributed by atoms with Gasteiger partial charge >= 0.3 is 6.09 Å². The van der Waals surface area contributed by atoms with Gasteiger partial charge < -0.3 is 14.8 Å². The average Bonchev–Trinajstić information content (AvgIpc) is 2.88. The number of likely N-dealkylation sites (tertiary alicyclic amines) is 1. The lowest BCUT2D eigenvalue weighted by molar-refractivity contribution is 0.166. The maximum Gasteiger partial charge on any atom is 0.407 e. The molecule has 1 N–H and O–H groups in total. The fourth-order valence-corrected chi connectivity index (χ4v) is 2.73. The number of methoxy groups -OCH3 is 2. The highest BCUT2D eigenvalue weighted by atomic mass is 79.9. The predicted molar refractivity (Wildman–Crippen MR) is 79.9 cm³/mol. The fraction of sp³-hybridized carbons (Fsp3) is 0.500. The molecule has 1 atom stereocenters. The van der Waals surface area contributed by atoms with Crippen LogP contribution in [0.1, 0.15) is 12.0 Å². The van der Waals surface area contributed by atoms with E-state index in [1.807, 2.05) is 18.2 Å². The maximum atomic E-state index is 11.2. The zero-order valence-corrected chi connectivity index (χ0v) is 13.3. The minimum absolute atomic E-state index is 0.159. The lowest BCUT2D eigenvalue weighted by Crippen LogP contribution is -2.36. The van der Waals surface area contributed by atoms with Crippen molar-refractivity contribution in [3.8, 4) is 5.75 Å². The second kappa shape index (κ2) is 6.95. The van der Waals surface area contributed by atoms with Crippen LogP contribution in [0.2, 0.25) is 0 Å². The SMILES string of the molecule is COC(=O)NC1CCN(Cc2cc(OC)ccc2Br)C1. The third kappa shape index (κ3) is 3.86. The smallest absolute Gasteiger partial charge is 0.407 e. The Kier molecular flexibility index (Phi) is 5.25. The van der Waals surface area contributed by atoms with Crippen LogP contribution in [-0.4, -0.2) is 44.3 Å². The van der Waals surface area contributed by atoms with Gasteiger partial charge in [-0.1, -0.05) is 15.9 Å². The zero-order chi connectivity index (χ0) is 14.5. The monoisotopic (exact) mass is 342 g/mol. The van der Waals surface area contributed by atoms with Crippen LogP contribution in [0.25, 0.3) is 0 Å². The van der Waals surface area contributed by atoms with Gasteiger partial charge in [-0.05, 0) is 30.2 Å². The van der Waals surface area contributed by atoms with Crippen molar-refractivity contribution in [1.82, 2.24) is 10.2 Å². The van der Waals surface area contributed by atoms with E-state index in [0.29, 0.717) is 0 Å². The Bertz CT molecular complexity index is 481. The van der Waals surface area contributed by atoms with E-state index < -0.39 is 0 Å². The minimum atomic E-state index is -0.362. The number of carbonyl (C=O) groups excluding carboxylic acids is 1. The fourth-order valence-electron chi connectivity index (χ4n) is 2.36. The molecule has 0 bridgehead atoms. The molecule has 1 aliphatic rings. The molecular formula is C14H19BrN2O3. The first-order chi connectivity index (χ1) is 9.62. The van der Waals surface area contributed by atoms with E-state index in [0.717, 1.165) is 36.3 Å². The van der Waals surface area contributed by atoms with Gasteiger partial charge in [-0.3, -0.25) is 4.90 Å². The maximum absolute atomic E-state index is 11.2. The summed E-state index contributed by atoms with van der Waals surface area (Å²) in [5, 5.41) is 2.84. The summed E-state index contributed by atoms with van der Waals surface area (Å²) in [4.78, 5) is 13.5. The number of alkyl carbamates (subject to hydrolysis) is 1. The standard InChI is InChI=1S/C14H19BrN2O3/c1-19-12-3-4-13(15)10(7-12)8-17-6-5-11(9-17)16-14(18)20-2/h3-4,7,11H,5-6,8-9H2,1-2H3,(H,16,18). The van der Waals surface area contributed by atoms with Crippen molar-refractivity contribution in [1.29, 1.82) is 0 Å². The third-order valence-corrected chi connectivity index (χ3v) is 4.20. The van der Waals surface area contributed by atoms with Crippen LogP contribution >= 0.6 is 15.9 Å². The quantitative estimate of drug-likeness (QED) is 0.912. The molecule has 1 aromatic carbocycles. The molecule has 1 aliphatic heterocycles. The number of carbonyl (C=O) groups is 1. The van der Waals surface area contributed by atoms with Gasteiger partial charge in [0.1, 0.15) is 5.75 Å². The van der Waals surface area contributed by atoms with E-state index >= 15 is 0 Å². The third-order valence-electron chi connectivity index (χ3n) is 3.43. The largest absolute Gasteiger partial charge is 0.497 e. The lowest BCUT2D eigenvalue weighted by Gasteiger charge is -2.17. The molecule has 2 rings (SSSR count). The first-order valence-electron chi connectivity index (χ1n) is 6.51. The summed E-state index contributed by atoms with van der Waals surface area (Å²) in [5.41, 5.74) is 1.18. The normalized spacial score (nSPS) is 18.9. The van der Waals surface area contributed by atoms with Crippen molar-refractivity contribution in [2.45, 2.75) is 19.0 Å². The number of amides is 1. The summed E-state index contributed by atoms with van der Waals surface area (Å²) in [6.45, 7) is 2.62. The van der Waals surface area contributed by atoms with Gasteiger partial charge in [0.2, 0.25) is 0 Å². The molecule has 0 radical (unpaired) electrons. The molecule has 0 spiro atoms. The van der Waals surface area contributed by atoms with Gasteiger partial charge in [0.25, 0.3) is 0 Å². The van der Waals surface area contributed by atoms with Crippen LogP contribution in [-0.2, 0) is 11.3 Å². The van der Waals surface area contributed by atoms with Crippen LogP contribution in [0.15, 0.2) is 22.7 Å². The van der Waals surface area contributed by atoms with E-state index in [9.17, 15) is 4.79 Å². The van der Waals surface area contributed by atoms with Crippen molar-refractivity contribution >= 4 is 22.0 Å². The van der Waals surface area contributed by atoms with Gasteiger partial charge in [0.15, 0.2) is 0 Å². The molecule has 1 fully saturated rings. The molecule has 1 amide bonds. The first kappa shape index (κ1) is 15.1. The predicted octanol–water partition coefficient (Wildman–Crippen LogP) is 2.39. The van der Waals surface area contributed by atoms with Gasteiger partial charge in [-0.2, -0.15) is 0 Å². The Hall–Kier alpha value is -1.27. The van der Waals surface area contributed by atoms with Crippen LogP contribution < -0.4 is 10.1 Å². The Balaban J connectivity index is 1.93. The van der Waals surface area contributed by atoms with E-state index in [4.69, 9.17) is 4.74 Å². The van der Waals surface area contributed by atoms with Crippen LogP contribution in [0.3, 0.4) is 0 Å². The summed E-state index contributed by atoms with van der Waals surface area (Å²) in [6, 6.07) is 6.12. The molecule has 0 aliphatic carbocycles. The molecule has 1 heterocycles. The van der Waals surface area contributed by atoms with Crippen LogP contribution in [0, 0.1) is 0 Å². The van der Waals surface area contributed by atoms with E-state index in [1.165, 1.54) is 12.7 Å². The molecule has 0 aromatic heterocycles. The molecule has 1 saturated heterocycles. The van der Waals surface area contributed by atoms with Crippen LogP contribution in [0.5, 0.6) is 5.75 Å². The molecule has 1 aromatic rings. The summed E-state index contributed by atoms with van der Waals surface area (Å²) in [5.74, 6) is 0.853. The van der Waals surface area contributed by atoms with Crippen molar-refractivity contribution < 1.29 is 14.3 Å². The van der Waals surface area contributed by atoms with Gasteiger partial charge in [-0.15, -0.1) is 0 Å².